The fourth-order valence-corrected chi connectivity index (χ4v) is 5.30. The van der Waals surface area contributed by atoms with Gasteiger partial charge in [0.05, 0.1) is 30.3 Å². The Morgan fingerprint density at radius 1 is 1.31 bits per heavy atom. The molecule has 1 atom stereocenters. The van der Waals surface area contributed by atoms with Gasteiger partial charge in [-0.3, -0.25) is 14.5 Å². The first kappa shape index (κ1) is 23.8. The molecule has 1 unspecified atom stereocenters. The minimum atomic E-state index is -0.259. The van der Waals surface area contributed by atoms with Gasteiger partial charge in [0.25, 0.3) is 0 Å². The highest BCUT2D eigenvalue weighted by atomic mass is 79.9. The van der Waals surface area contributed by atoms with Crippen LogP contribution in [-0.4, -0.2) is 48.2 Å². The van der Waals surface area contributed by atoms with E-state index < -0.39 is 0 Å². The number of phenolic OH excluding ortho intramolecular Hbond substituents is 1. The monoisotopic (exact) mass is 543 g/mol. The summed E-state index contributed by atoms with van der Waals surface area (Å²) in [5, 5.41) is 10.7. The van der Waals surface area contributed by atoms with E-state index in [0.717, 1.165) is 29.4 Å². The van der Waals surface area contributed by atoms with E-state index in [0.29, 0.717) is 54.5 Å². The Morgan fingerprint density at radius 3 is 3.00 bits per heavy atom. The molecule has 0 bridgehead atoms. The zero-order valence-corrected chi connectivity index (χ0v) is 20.9. The number of phenols is 1. The van der Waals surface area contributed by atoms with Crippen LogP contribution in [0.2, 0.25) is 0 Å². The van der Waals surface area contributed by atoms with E-state index in [2.05, 4.69) is 20.8 Å². The van der Waals surface area contributed by atoms with Gasteiger partial charge in [-0.05, 0) is 56.7 Å². The Kier molecular flexibility index (Phi) is 6.82. The molecule has 1 fully saturated rings. The van der Waals surface area contributed by atoms with Crippen molar-refractivity contribution >= 4 is 33.8 Å². The number of hydrogen-bond donors (Lipinski definition) is 1. The second-order valence-electron chi connectivity index (χ2n) is 8.80. The van der Waals surface area contributed by atoms with E-state index >= 15 is 0 Å². The molecule has 3 aliphatic rings. The first-order valence-electron chi connectivity index (χ1n) is 11.7. The molecular weight excluding hydrogens is 518 g/mol. The number of likely N-dealkylation sites (tertiary alicyclic amines) is 1. The Labute approximate surface area is 211 Å². The van der Waals surface area contributed by atoms with Crippen LogP contribution in [0.3, 0.4) is 0 Å². The topological polar surface area (TPSA) is 94.5 Å². The molecule has 0 radical (unpaired) electrons. The van der Waals surface area contributed by atoms with E-state index in [1.165, 1.54) is 6.07 Å². The highest BCUT2D eigenvalue weighted by Crippen LogP contribution is 2.42. The average Bonchev–Trinajstić information content (AvgIpc) is 3.16. The highest BCUT2D eigenvalue weighted by molar-refractivity contribution is 9.10. The molecule has 5 rings (SSSR count). The fourth-order valence-electron chi connectivity index (χ4n) is 4.78. The number of fused-ring (bicyclic) bond motifs is 2. The molecule has 0 saturated carbocycles. The van der Waals surface area contributed by atoms with Crippen LogP contribution in [0.1, 0.15) is 46.8 Å². The summed E-state index contributed by atoms with van der Waals surface area (Å²) in [6.07, 6.45) is 3.29. The minimum Gasteiger partial charge on any atom is -0.507 e. The van der Waals surface area contributed by atoms with Crippen LogP contribution >= 0.6 is 15.9 Å². The number of esters is 1. The average molecular weight is 544 g/mol. The number of aromatic hydroxyl groups is 1. The normalized spacial score (nSPS) is 20.7. The zero-order chi connectivity index (χ0) is 24.5. The lowest BCUT2D eigenvalue weighted by atomic mass is 9.97. The molecule has 184 valence electrons. The van der Waals surface area contributed by atoms with Crippen LogP contribution in [0.5, 0.6) is 17.2 Å². The number of ether oxygens (including phenoxy) is 4. The molecule has 9 heteroatoms. The number of hydrogen-bond acceptors (Lipinski definition) is 8. The van der Waals surface area contributed by atoms with E-state index in [1.807, 2.05) is 12.1 Å². The van der Waals surface area contributed by atoms with Crippen LogP contribution in [0.25, 0.3) is 6.08 Å². The molecule has 0 spiro atoms. The first-order chi connectivity index (χ1) is 16.9. The molecule has 3 heterocycles. The van der Waals surface area contributed by atoms with Gasteiger partial charge in [-0.25, -0.2) is 0 Å². The van der Waals surface area contributed by atoms with Crippen molar-refractivity contribution in [2.24, 2.45) is 5.92 Å². The third kappa shape index (κ3) is 4.80. The maximum Gasteiger partial charge on any atom is 0.310 e. The summed E-state index contributed by atoms with van der Waals surface area (Å²) >= 11 is 3.50. The van der Waals surface area contributed by atoms with Gasteiger partial charge >= 0.3 is 5.97 Å². The van der Waals surface area contributed by atoms with Crippen molar-refractivity contribution in [3.63, 3.8) is 0 Å². The van der Waals surface area contributed by atoms with Crippen LogP contribution in [-0.2, 0) is 27.4 Å². The van der Waals surface area contributed by atoms with Crippen molar-refractivity contribution in [2.45, 2.75) is 32.9 Å². The first-order valence-corrected chi connectivity index (χ1v) is 12.4. The molecule has 1 saturated heterocycles. The second kappa shape index (κ2) is 10.0. The van der Waals surface area contributed by atoms with E-state index in [1.54, 1.807) is 19.1 Å². The third-order valence-electron chi connectivity index (χ3n) is 6.41. The smallest absolute Gasteiger partial charge is 0.310 e. The van der Waals surface area contributed by atoms with Gasteiger partial charge in [0.2, 0.25) is 5.78 Å². The number of allylic oxidation sites excluding steroid dienone is 1. The summed E-state index contributed by atoms with van der Waals surface area (Å²) in [6, 6.07) is 6.88. The summed E-state index contributed by atoms with van der Waals surface area (Å²) < 4.78 is 23.1. The van der Waals surface area contributed by atoms with Gasteiger partial charge in [0.1, 0.15) is 17.2 Å². The number of piperidine rings is 1. The second-order valence-corrected chi connectivity index (χ2v) is 9.72. The van der Waals surface area contributed by atoms with Gasteiger partial charge in [0, 0.05) is 28.7 Å². The largest absolute Gasteiger partial charge is 0.507 e. The van der Waals surface area contributed by atoms with E-state index in [4.69, 9.17) is 18.9 Å². The van der Waals surface area contributed by atoms with Gasteiger partial charge < -0.3 is 24.1 Å². The van der Waals surface area contributed by atoms with E-state index in [9.17, 15) is 14.7 Å². The quantitative estimate of drug-likeness (QED) is 0.437. The van der Waals surface area contributed by atoms with E-state index in [-0.39, 0.29) is 36.0 Å². The molecular formula is C26H26BrNO7. The van der Waals surface area contributed by atoms with Crippen molar-refractivity contribution in [1.29, 1.82) is 0 Å². The molecule has 0 aromatic heterocycles. The summed E-state index contributed by atoms with van der Waals surface area (Å²) in [5.41, 5.74) is 2.51. The summed E-state index contributed by atoms with van der Waals surface area (Å²) in [5.74, 6) is 0.564. The van der Waals surface area contributed by atoms with Crippen molar-refractivity contribution in [1.82, 2.24) is 4.90 Å². The Bertz CT molecular complexity index is 1210. The van der Waals surface area contributed by atoms with Crippen molar-refractivity contribution in [3.05, 3.63) is 56.8 Å². The fraction of sp³-hybridized carbons (Fsp3) is 0.385. The lowest BCUT2D eigenvalue weighted by Gasteiger charge is -2.31. The standard InChI is InChI=1S/C26H26BrNO7/c1-2-33-26(31)15-4-3-7-28(11-15)12-20-21(29)6-5-19-23(30)22(35-25(19)20)10-16-8-18(27)9-17-13-32-14-34-24(16)17/h5-6,8-10,15,29H,2-4,7,11-14H2,1H3/b22-10-. The van der Waals surface area contributed by atoms with Crippen molar-refractivity contribution < 1.29 is 33.6 Å². The van der Waals surface area contributed by atoms with Gasteiger partial charge in [-0.15, -0.1) is 0 Å². The van der Waals surface area contributed by atoms with Gasteiger partial charge in [0.15, 0.2) is 12.6 Å². The van der Waals surface area contributed by atoms with Crippen LogP contribution in [0.15, 0.2) is 34.5 Å². The number of nitrogens with zero attached hydrogens (tertiary/aromatic N) is 1. The number of carbonyl (C=O) groups is 2. The zero-order valence-electron chi connectivity index (χ0n) is 19.3. The summed E-state index contributed by atoms with van der Waals surface area (Å²) in [4.78, 5) is 27.5. The SMILES string of the molecule is CCOC(=O)C1CCCN(Cc2c(O)ccc3c2O/C(=C\c2cc(Br)cc4c2OCOC4)C3=O)C1. The highest BCUT2D eigenvalue weighted by Gasteiger charge is 2.34. The van der Waals surface area contributed by atoms with Gasteiger partial charge in [-0.1, -0.05) is 15.9 Å². The number of halogens is 1. The Hall–Kier alpha value is -2.88. The number of ketones is 1. The number of rotatable bonds is 5. The third-order valence-corrected chi connectivity index (χ3v) is 6.87. The molecule has 3 aliphatic heterocycles. The van der Waals surface area contributed by atoms with Crippen LogP contribution in [0.4, 0.5) is 0 Å². The summed E-state index contributed by atoms with van der Waals surface area (Å²) in [6.45, 7) is 4.38. The lowest BCUT2D eigenvalue weighted by Crippen LogP contribution is -2.39. The summed E-state index contributed by atoms with van der Waals surface area (Å²) in [7, 11) is 0. The predicted molar refractivity (Wildman–Crippen MR) is 130 cm³/mol. The molecule has 1 N–H and O–H groups in total. The van der Waals surface area contributed by atoms with Crippen LogP contribution < -0.4 is 9.47 Å². The van der Waals surface area contributed by atoms with Crippen molar-refractivity contribution in [3.8, 4) is 17.2 Å². The number of benzene rings is 2. The lowest BCUT2D eigenvalue weighted by molar-refractivity contribution is -0.150. The molecule has 0 aliphatic carbocycles. The molecule has 8 nitrogen and oxygen atoms in total. The van der Waals surface area contributed by atoms with Crippen molar-refractivity contribution in [2.75, 3.05) is 26.5 Å². The Morgan fingerprint density at radius 2 is 2.17 bits per heavy atom. The Balaban J connectivity index is 1.42. The number of Topliss-reactive ketones (excluding diaryl/α,β-unsaturated/α-hetero) is 1. The molecule has 2 aromatic carbocycles. The molecule has 35 heavy (non-hydrogen) atoms. The van der Waals surface area contributed by atoms with Gasteiger partial charge in [-0.2, -0.15) is 0 Å². The minimum absolute atomic E-state index is 0.0522. The van der Waals surface area contributed by atoms with Crippen LogP contribution in [0, 0.1) is 5.92 Å². The number of carbonyl (C=O) groups excluding carboxylic acids is 2. The molecule has 0 amide bonds. The predicted octanol–water partition coefficient (Wildman–Crippen LogP) is 4.41. The maximum absolute atomic E-state index is 13.2. The molecule has 2 aromatic rings. The maximum atomic E-state index is 13.2.